The van der Waals surface area contributed by atoms with Gasteiger partial charge in [-0.15, -0.1) is 0 Å². The van der Waals surface area contributed by atoms with E-state index in [4.69, 9.17) is 21.6 Å². The molecule has 3 aromatic rings. The third-order valence-electron chi connectivity index (χ3n) is 13.4. The number of benzene rings is 3. The summed E-state index contributed by atoms with van der Waals surface area (Å²) in [5, 5.41) is 11.8. The van der Waals surface area contributed by atoms with Crippen molar-refractivity contribution < 1.29 is 28.7 Å². The summed E-state index contributed by atoms with van der Waals surface area (Å²) in [6, 6.07) is 20.1. The zero-order valence-electron chi connectivity index (χ0n) is 32.3. The molecule has 300 valence electrons. The van der Waals surface area contributed by atoms with E-state index in [1.165, 1.54) is 12.8 Å². The Morgan fingerprint density at radius 3 is 2.22 bits per heavy atom. The number of piperazine rings is 1. The van der Waals surface area contributed by atoms with Crippen LogP contribution in [0.2, 0.25) is 5.02 Å². The Morgan fingerprint density at radius 1 is 0.828 bits per heavy atom. The number of rotatable bonds is 7. The van der Waals surface area contributed by atoms with Crippen LogP contribution in [0, 0.1) is 16.7 Å². The predicted molar refractivity (Wildman–Crippen MR) is 216 cm³/mol. The van der Waals surface area contributed by atoms with Crippen molar-refractivity contribution in [2.75, 3.05) is 62.2 Å². The lowest BCUT2D eigenvalue weighted by atomic mass is 9.60. The summed E-state index contributed by atoms with van der Waals surface area (Å²) in [7, 11) is 0. The van der Waals surface area contributed by atoms with Crippen LogP contribution in [0.3, 0.4) is 0 Å². The summed E-state index contributed by atoms with van der Waals surface area (Å²) in [5.41, 5.74) is 3.98. The number of piperidine rings is 3. The molecule has 0 radical (unpaired) electrons. The monoisotopic (exact) mass is 803 g/mol. The van der Waals surface area contributed by atoms with E-state index < -0.39 is 23.8 Å². The molecule has 1 spiro atoms. The summed E-state index contributed by atoms with van der Waals surface area (Å²) in [5.74, 6) is -1.23. The van der Waals surface area contributed by atoms with Gasteiger partial charge in [0.1, 0.15) is 24.0 Å². The van der Waals surface area contributed by atoms with Crippen LogP contribution in [-0.2, 0) is 9.59 Å². The highest BCUT2D eigenvalue weighted by molar-refractivity contribution is 6.31. The molecule has 5 heterocycles. The van der Waals surface area contributed by atoms with Gasteiger partial charge in [0.15, 0.2) is 0 Å². The number of anilines is 2. The second kappa shape index (κ2) is 15.4. The molecule has 58 heavy (non-hydrogen) atoms. The summed E-state index contributed by atoms with van der Waals surface area (Å²) in [6.07, 6.45) is 6.05. The molecule has 5 fully saturated rings. The second-order valence-electron chi connectivity index (χ2n) is 16.6. The molecule has 1 aliphatic carbocycles. The molecule has 1 N–H and O–H groups in total. The Kier molecular flexibility index (Phi) is 10.1. The van der Waals surface area contributed by atoms with Gasteiger partial charge in [-0.05, 0) is 86.1 Å². The van der Waals surface area contributed by atoms with Crippen molar-refractivity contribution in [1.29, 1.82) is 5.26 Å². The van der Waals surface area contributed by atoms with Crippen LogP contribution < -0.4 is 19.9 Å². The van der Waals surface area contributed by atoms with Gasteiger partial charge in [-0.25, -0.2) is 0 Å². The fourth-order valence-corrected chi connectivity index (χ4v) is 10.2. The van der Waals surface area contributed by atoms with Crippen LogP contribution in [-0.4, -0.2) is 115 Å². The highest BCUT2D eigenvalue weighted by Gasteiger charge is 2.50. The first-order valence-electron chi connectivity index (χ1n) is 20.4. The number of carbonyl (C=O) groups excluding carboxylic acids is 5. The molecular formula is C44H46ClN7O6. The molecule has 0 bridgehead atoms. The molecule has 5 aliphatic heterocycles. The Bertz CT molecular complexity index is 2190. The van der Waals surface area contributed by atoms with Crippen LogP contribution in [0.4, 0.5) is 11.4 Å². The smallest absolute Gasteiger partial charge is 0.264 e. The summed E-state index contributed by atoms with van der Waals surface area (Å²) in [4.78, 5) is 74.9. The van der Waals surface area contributed by atoms with Gasteiger partial charge in [0.2, 0.25) is 11.8 Å². The highest BCUT2D eigenvalue weighted by atomic mass is 35.5. The van der Waals surface area contributed by atoms with Crippen molar-refractivity contribution in [1.82, 2.24) is 20.0 Å². The van der Waals surface area contributed by atoms with Crippen LogP contribution >= 0.6 is 11.6 Å². The molecule has 1 saturated carbocycles. The summed E-state index contributed by atoms with van der Waals surface area (Å²) in [6.45, 7) is 6.69. The number of imide groups is 2. The van der Waals surface area contributed by atoms with E-state index >= 15 is 0 Å². The topological polar surface area (TPSA) is 147 Å². The number of nitrogens with zero attached hydrogens (tertiary/aromatic N) is 6. The van der Waals surface area contributed by atoms with Gasteiger partial charge >= 0.3 is 0 Å². The zero-order chi connectivity index (χ0) is 40.1. The fraction of sp³-hybridized carbons (Fsp3) is 0.455. The number of carbonyl (C=O) groups is 5. The van der Waals surface area contributed by atoms with Crippen molar-refractivity contribution >= 4 is 52.5 Å². The van der Waals surface area contributed by atoms with Crippen molar-refractivity contribution in [2.45, 2.75) is 69.6 Å². The maximum atomic E-state index is 13.7. The summed E-state index contributed by atoms with van der Waals surface area (Å²) >= 11 is 6.16. The zero-order valence-corrected chi connectivity index (χ0v) is 33.1. The van der Waals surface area contributed by atoms with Crippen molar-refractivity contribution in [3.8, 4) is 11.8 Å². The lowest BCUT2D eigenvalue weighted by Gasteiger charge is -2.56. The number of hydrogen-bond acceptors (Lipinski definition) is 10. The number of nitrogens with one attached hydrogen (secondary N) is 1. The standard InChI is InChI=1S/C44H46ClN7O6/c45-35-24-33(9-6-29(35)27-46)58-32-12-16-51(17-13-32)41(55)28-4-7-30(8-5-28)48-20-22-49(23-21-48)31-25-44(26-31)14-18-50(19-15-44)36-3-1-2-34-39(36)43(57)52(42(34)56)37-10-11-38(53)47-40(37)54/h1-9,24,31-32,37H,10-23,25-26H2,(H,47,53,54). The average molecular weight is 804 g/mol. The molecule has 3 aromatic carbocycles. The molecule has 13 nitrogen and oxygen atoms in total. The summed E-state index contributed by atoms with van der Waals surface area (Å²) < 4.78 is 6.10. The van der Waals surface area contributed by atoms with Crippen LogP contribution in [0.15, 0.2) is 60.7 Å². The Morgan fingerprint density at radius 2 is 1.55 bits per heavy atom. The Hall–Kier alpha value is -5.45. The average Bonchev–Trinajstić information content (AvgIpc) is 3.49. The van der Waals surface area contributed by atoms with Gasteiger partial charge in [-0.1, -0.05) is 17.7 Å². The maximum Gasteiger partial charge on any atom is 0.264 e. The van der Waals surface area contributed by atoms with Gasteiger partial charge < -0.3 is 19.4 Å². The maximum absolute atomic E-state index is 13.7. The number of hydrogen-bond donors (Lipinski definition) is 1. The van der Waals surface area contributed by atoms with Crippen molar-refractivity contribution in [2.24, 2.45) is 5.41 Å². The number of halogens is 1. The minimum absolute atomic E-state index is 0.0153. The fourth-order valence-electron chi connectivity index (χ4n) is 9.96. The molecule has 1 unspecified atom stereocenters. The third kappa shape index (κ3) is 7.06. The largest absolute Gasteiger partial charge is 0.490 e. The van der Waals surface area contributed by atoms with Crippen LogP contribution in [0.1, 0.15) is 88.0 Å². The van der Waals surface area contributed by atoms with E-state index in [0.29, 0.717) is 57.6 Å². The van der Waals surface area contributed by atoms with Gasteiger partial charge in [0.05, 0.1) is 27.4 Å². The van der Waals surface area contributed by atoms with E-state index in [9.17, 15) is 24.0 Å². The third-order valence-corrected chi connectivity index (χ3v) is 13.7. The lowest BCUT2D eigenvalue weighted by Crippen LogP contribution is -2.59. The molecule has 0 aromatic heterocycles. The molecule has 4 saturated heterocycles. The molecule has 14 heteroatoms. The quantitative estimate of drug-likeness (QED) is 0.329. The van der Waals surface area contributed by atoms with Crippen molar-refractivity contribution in [3.63, 3.8) is 0 Å². The molecule has 6 aliphatic rings. The predicted octanol–water partition coefficient (Wildman–Crippen LogP) is 4.87. The van der Waals surface area contributed by atoms with Crippen LogP contribution in [0.5, 0.6) is 5.75 Å². The van der Waals surface area contributed by atoms with E-state index in [2.05, 4.69) is 38.2 Å². The Labute approximate surface area is 342 Å². The van der Waals surface area contributed by atoms with Crippen molar-refractivity contribution in [3.05, 3.63) is 87.9 Å². The highest BCUT2D eigenvalue weighted by Crippen LogP contribution is 2.52. The van der Waals surface area contributed by atoms with Gasteiger partial charge in [-0.3, -0.25) is 39.1 Å². The van der Waals surface area contributed by atoms with E-state index in [1.807, 2.05) is 29.2 Å². The van der Waals surface area contributed by atoms with E-state index in [0.717, 1.165) is 81.2 Å². The van der Waals surface area contributed by atoms with Crippen LogP contribution in [0.25, 0.3) is 0 Å². The number of nitriles is 1. The minimum atomic E-state index is -0.973. The molecular weight excluding hydrogens is 758 g/mol. The normalized spacial score (nSPS) is 22.8. The number of ether oxygens (including phenoxy) is 1. The first-order chi connectivity index (χ1) is 28.1. The molecule has 5 amide bonds. The second-order valence-corrected chi connectivity index (χ2v) is 17.0. The number of fused-ring (bicyclic) bond motifs is 1. The van der Waals surface area contributed by atoms with E-state index in [-0.39, 0.29) is 30.8 Å². The van der Waals surface area contributed by atoms with Gasteiger partial charge in [0.25, 0.3) is 17.7 Å². The SMILES string of the molecule is N#Cc1ccc(OC2CCN(C(=O)c3ccc(N4CCN(C5CC6(CCN(c7cccc8c7C(=O)N(C7CCC(=O)NC7=O)C8=O)CC6)C5)CC4)cc3)CC2)cc1Cl. The lowest BCUT2D eigenvalue weighted by molar-refractivity contribution is -0.136. The van der Waals surface area contributed by atoms with Gasteiger partial charge in [0, 0.05) is 95.0 Å². The number of amides is 5. The number of likely N-dealkylation sites (tertiary alicyclic amines) is 1. The first-order valence-corrected chi connectivity index (χ1v) is 20.8. The van der Waals surface area contributed by atoms with E-state index in [1.54, 1.807) is 24.3 Å². The minimum Gasteiger partial charge on any atom is -0.490 e. The Balaban J connectivity index is 0.726. The van der Waals surface area contributed by atoms with Gasteiger partial charge in [-0.2, -0.15) is 5.26 Å². The molecule has 9 rings (SSSR count). The molecule has 1 atom stereocenters. The first kappa shape index (κ1) is 38.1.